The first-order valence-corrected chi connectivity index (χ1v) is 7.86. The fourth-order valence-corrected chi connectivity index (χ4v) is 2.57. The van der Waals surface area contributed by atoms with Crippen molar-refractivity contribution in [2.75, 3.05) is 10.2 Å². The molecule has 0 spiro atoms. The lowest BCUT2D eigenvalue weighted by molar-refractivity contribution is -0.115. The highest BCUT2D eigenvalue weighted by molar-refractivity contribution is 6.18. The van der Waals surface area contributed by atoms with Gasteiger partial charge in [-0.2, -0.15) is 0 Å². The molecule has 0 aliphatic rings. The van der Waals surface area contributed by atoms with Crippen molar-refractivity contribution in [3.8, 4) is 0 Å². The number of imide groups is 1. The minimum Gasteiger partial charge on any atom is -0.307 e. The summed E-state index contributed by atoms with van der Waals surface area (Å²) in [5, 5.41) is 2.86. The van der Waals surface area contributed by atoms with Crippen LogP contribution in [0.4, 0.5) is 16.2 Å². The molecule has 3 amide bonds. The molecule has 2 rings (SSSR count). The number of urea groups is 1. The molecule has 0 aromatic heterocycles. The third-order valence-electron chi connectivity index (χ3n) is 3.77. The molecule has 2 aromatic rings. The van der Waals surface area contributed by atoms with E-state index in [1.54, 1.807) is 6.07 Å². The zero-order valence-electron chi connectivity index (χ0n) is 13.8. The average Bonchev–Trinajstić information content (AvgIpc) is 2.55. The Balaban J connectivity index is 2.35. The fourth-order valence-electron chi connectivity index (χ4n) is 2.57. The molecule has 1 N–H and O–H groups in total. The maximum Gasteiger partial charge on any atom is 0.333 e. The van der Waals surface area contributed by atoms with Crippen molar-refractivity contribution < 1.29 is 9.59 Å². The van der Waals surface area contributed by atoms with Gasteiger partial charge in [0.1, 0.15) is 0 Å². The van der Waals surface area contributed by atoms with Gasteiger partial charge in [-0.1, -0.05) is 50.2 Å². The Bertz CT molecular complexity index is 710. The highest BCUT2D eigenvalue weighted by Gasteiger charge is 2.22. The van der Waals surface area contributed by atoms with Gasteiger partial charge in [0.25, 0.3) is 0 Å². The van der Waals surface area contributed by atoms with Crippen LogP contribution < -0.4 is 10.2 Å². The van der Waals surface area contributed by atoms with Crippen molar-refractivity contribution in [3.63, 3.8) is 0 Å². The van der Waals surface area contributed by atoms with Crippen LogP contribution >= 0.6 is 0 Å². The first-order chi connectivity index (χ1) is 11.1. The lowest BCUT2D eigenvalue weighted by Crippen LogP contribution is -2.39. The van der Waals surface area contributed by atoms with E-state index in [4.69, 9.17) is 0 Å². The van der Waals surface area contributed by atoms with Gasteiger partial charge in [-0.15, -0.1) is 0 Å². The quantitative estimate of drug-likeness (QED) is 0.910. The van der Waals surface area contributed by atoms with Gasteiger partial charge in [-0.25, -0.2) is 9.69 Å². The van der Waals surface area contributed by atoms with E-state index in [0.717, 1.165) is 29.7 Å². The van der Waals surface area contributed by atoms with Crippen LogP contribution in [0.15, 0.2) is 48.5 Å². The van der Waals surface area contributed by atoms with E-state index in [-0.39, 0.29) is 5.91 Å². The molecular formula is C19H22N2O2. The minimum atomic E-state index is -0.431. The summed E-state index contributed by atoms with van der Waals surface area (Å²) >= 11 is 0. The Morgan fingerprint density at radius 1 is 0.913 bits per heavy atom. The van der Waals surface area contributed by atoms with Gasteiger partial charge in [-0.3, -0.25) is 4.79 Å². The van der Waals surface area contributed by atoms with Gasteiger partial charge in [0, 0.05) is 12.6 Å². The zero-order chi connectivity index (χ0) is 16.8. The molecule has 0 unspecified atom stereocenters. The van der Waals surface area contributed by atoms with E-state index in [1.165, 1.54) is 11.8 Å². The topological polar surface area (TPSA) is 49.4 Å². The number of amides is 3. The summed E-state index contributed by atoms with van der Waals surface area (Å²) in [5.41, 5.74) is 3.36. The number of carbonyl (C=O) groups excluding carboxylic acids is 2. The van der Waals surface area contributed by atoms with Gasteiger partial charge >= 0.3 is 6.03 Å². The zero-order valence-corrected chi connectivity index (χ0v) is 13.8. The number of benzene rings is 2. The van der Waals surface area contributed by atoms with Gasteiger partial charge in [-0.05, 0) is 36.1 Å². The Labute approximate surface area is 137 Å². The Kier molecular flexibility index (Phi) is 5.52. The molecule has 0 heterocycles. The lowest BCUT2D eigenvalue weighted by atomic mass is 10.1. The van der Waals surface area contributed by atoms with Crippen LogP contribution in [0.3, 0.4) is 0 Å². The molecule has 0 saturated heterocycles. The van der Waals surface area contributed by atoms with Crippen molar-refractivity contribution in [3.05, 3.63) is 59.7 Å². The average molecular weight is 310 g/mol. The second-order valence-corrected chi connectivity index (χ2v) is 5.28. The van der Waals surface area contributed by atoms with E-state index in [9.17, 15) is 9.59 Å². The Hall–Kier alpha value is -2.62. The number of para-hydroxylation sites is 2. The molecule has 0 aliphatic carbocycles. The predicted molar refractivity (Wildman–Crippen MR) is 93.8 cm³/mol. The van der Waals surface area contributed by atoms with Gasteiger partial charge in [0.15, 0.2) is 0 Å². The van der Waals surface area contributed by atoms with Crippen molar-refractivity contribution in [1.29, 1.82) is 0 Å². The molecule has 0 aliphatic heterocycles. The molecule has 23 heavy (non-hydrogen) atoms. The van der Waals surface area contributed by atoms with Gasteiger partial charge < -0.3 is 5.32 Å². The summed E-state index contributed by atoms with van der Waals surface area (Å²) in [4.78, 5) is 25.9. The monoisotopic (exact) mass is 310 g/mol. The summed E-state index contributed by atoms with van der Waals surface area (Å²) in [6.07, 6.45) is 1.56. The van der Waals surface area contributed by atoms with E-state index < -0.39 is 6.03 Å². The minimum absolute atomic E-state index is 0.308. The van der Waals surface area contributed by atoms with E-state index in [2.05, 4.69) is 5.32 Å². The van der Waals surface area contributed by atoms with Crippen molar-refractivity contribution in [2.45, 2.75) is 33.6 Å². The Morgan fingerprint density at radius 3 is 2.09 bits per heavy atom. The summed E-state index contributed by atoms with van der Waals surface area (Å²) in [5.74, 6) is -0.308. The summed E-state index contributed by atoms with van der Waals surface area (Å²) in [6, 6.07) is 14.6. The largest absolute Gasteiger partial charge is 0.333 e. The van der Waals surface area contributed by atoms with Crippen LogP contribution in [0.2, 0.25) is 0 Å². The Morgan fingerprint density at radius 2 is 1.48 bits per heavy atom. The predicted octanol–water partition coefficient (Wildman–Crippen LogP) is 4.40. The maximum atomic E-state index is 12.7. The van der Waals surface area contributed by atoms with Crippen LogP contribution in [0.5, 0.6) is 0 Å². The van der Waals surface area contributed by atoms with Crippen LogP contribution in [0.1, 0.15) is 31.9 Å². The highest BCUT2D eigenvalue weighted by atomic mass is 16.2. The number of hydrogen-bond acceptors (Lipinski definition) is 2. The first-order valence-electron chi connectivity index (χ1n) is 7.86. The lowest BCUT2D eigenvalue weighted by Gasteiger charge is -2.23. The molecule has 0 atom stereocenters. The molecule has 0 radical (unpaired) electrons. The van der Waals surface area contributed by atoms with Crippen molar-refractivity contribution >= 4 is 23.3 Å². The van der Waals surface area contributed by atoms with Crippen LogP contribution in [0, 0.1) is 0 Å². The van der Waals surface area contributed by atoms with Gasteiger partial charge in [0.05, 0.1) is 5.69 Å². The summed E-state index contributed by atoms with van der Waals surface area (Å²) in [6.45, 7) is 5.43. The van der Waals surface area contributed by atoms with Crippen molar-refractivity contribution in [1.82, 2.24) is 0 Å². The number of aryl methyl sites for hydroxylation is 2. The van der Waals surface area contributed by atoms with Crippen LogP contribution in [-0.2, 0) is 17.6 Å². The third kappa shape index (κ3) is 3.77. The van der Waals surface area contributed by atoms with E-state index in [0.29, 0.717) is 5.69 Å². The van der Waals surface area contributed by atoms with E-state index >= 15 is 0 Å². The summed E-state index contributed by atoms with van der Waals surface area (Å²) in [7, 11) is 0. The first kappa shape index (κ1) is 16.7. The maximum absolute atomic E-state index is 12.7. The number of nitrogens with one attached hydrogen (secondary N) is 1. The molecular weight excluding hydrogens is 288 g/mol. The smallest absolute Gasteiger partial charge is 0.307 e. The second kappa shape index (κ2) is 7.58. The number of rotatable bonds is 4. The third-order valence-corrected chi connectivity index (χ3v) is 3.77. The standard InChI is InChI=1S/C19H22N2O2/c1-4-15-10-6-8-12-17(15)20-19(23)21(14(3)22)18-13-9-7-11-16(18)5-2/h6-13H,4-5H2,1-3H3,(H,20,23). The number of hydrogen-bond donors (Lipinski definition) is 1. The van der Waals surface area contributed by atoms with Crippen molar-refractivity contribution in [2.24, 2.45) is 0 Å². The number of nitrogens with zero attached hydrogens (tertiary/aromatic N) is 1. The molecule has 0 fully saturated rings. The van der Waals surface area contributed by atoms with Gasteiger partial charge in [0.2, 0.25) is 5.91 Å². The molecule has 0 bridgehead atoms. The fraction of sp³-hybridized carbons (Fsp3) is 0.263. The number of anilines is 2. The molecule has 0 saturated carbocycles. The molecule has 4 heteroatoms. The highest BCUT2D eigenvalue weighted by Crippen LogP contribution is 2.23. The van der Waals surface area contributed by atoms with Crippen LogP contribution in [0.25, 0.3) is 0 Å². The number of carbonyl (C=O) groups is 2. The molecule has 120 valence electrons. The van der Waals surface area contributed by atoms with E-state index in [1.807, 2.05) is 56.3 Å². The molecule has 2 aromatic carbocycles. The SMILES string of the molecule is CCc1ccccc1NC(=O)N(C(C)=O)c1ccccc1CC. The normalized spacial score (nSPS) is 10.2. The van der Waals surface area contributed by atoms with Crippen LogP contribution in [-0.4, -0.2) is 11.9 Å². The second-order valence-electron chi connectivity index (χ2n) is 5.28. The molecule has 4 nitrogen and oxygen atoms in total. The summed E-state index contributed by atoms with van der Waals surface area (Å²) < 4.78 is 0.